The molecule has 1 saturated heterocycles. The van der Waals surface area contributed by atoms with Crippen molar-refractivity contribution in [2.24, 2.45) is 4.99 Å². The molecule has 176 valence electrons. The lowest BCUT2D eigenvalue weighted by Crippen LogP contribution is -2.36. The number of amides is 1. The largest absolute Gasteiger partial charge is 0.343 e. The third-order valence-electron chi connectivity index (χ3n) is 6.67. The van der Waals surface area contributed by atoms with Crippen LogP contribution in [0.15, 0.2) is 29.3 Å². The molecular formula is C26H25N7OS. The van der Waals surface area contributed by atoms with E-state index in [-0.39, 0.29) is 12.3 Å². The van der Waals surface area contributed by atoms with Crippen LogP contribution >= 0.6 is 11.3 Å². The van der Waals surface area contributed by atoms with Crippen LogP contribution in [0, 0.1) is 27.0 Å². The molecule has 1 atom stereocenters. The molecule has 0 unspecified atom stereocenters. The van der Waals surface area contributed by atoms with Crippen molar-refractivity contribution in [1.29, 1.82) is 0 Å². The fourth-order valence-electron chi connectivity index (χ4n) is 4.81. The maximum absolute atomic E-state index is 13.3. The van der Waals surface area contributed by atoms with Crippen LogP contribution in [0.4, 0.5) is 5.69 Å². The fraction of sp³-hybridized carbons (Fsp3) is 0.385. The second-order valence-corrected chi connectivity index (χ2v) is 9.97. The van der Waals surface area contributed by atoms with Gasteiger partial charge in [-0.3, -0.25) is 14.4 Å². The number of thiophene rings is 1. The van der Waals surface area contributed by atoms with E-state index in [9.17, 15) is 4.79 Å². The molecule has 0 bridgehead atoms. The summed E-state index contributed by atoms with van der Waals surface area (Å²) in [5.41, 5.74) is 4.16. The van der Waals surface area contributed by atoms with E-state index in [1.54, 1.807) is 23.5 Å². The van der Waals surface area contributed by atoms with Gasteiger partial charge in [-0.25, -0.2) is 11.4 Å². The lowest BCUT2D eigenvalue weighted by Gasteiger charge is -2.27. The summed E-state index contributed by atoms with van der Waals surface area (Å²) in [5.74, 6) is 1.47. The monoisotopic (exact) mass is 483 g/mol. The second kappa shape index (κ2) is 9.44. The fourth-order valence-corrected chi connectivity index (χ4v) is 6.10. The molecule has 2 aliphatic heterocycles. The van der Waals surface area contributed by atoms with Crippen molar-refractivity contribution in [2.45, 2.75) is 52.1 Å². The Morgan fingerprint density at radius 2 is 1.86 bits per heavy atom. The Kier molecular flexibility index (Phi) is 6.19. The standard InChI is InChI=1S/C26H25N7OS/c1-16-21(15-27-3)35-26-23(16)24(18-8-10-19(28-4)11-9-18)29-20(25-31-30-17(2)33(25)26)14-22(34)32-12-6-5-7-13-32/h8-11,20H,5-7,12-15H2,1-2H3/t20-/m0/s1. The SMILES string of the molecule is [C-]#[N+]Cc1sc2c(c1C)C(c1ccc([N+]#[C-])cc1)=N[C@@H](CC(=O)N1CCCCC1)c1nnc(C)n1-2. The smallest absolute Gasteiger partial charge is 0.249 e. The van der Waals surface area contributed by atoms with Crippen molar-refractivity contribution < 1.29 is 4.79 Å². The van der Waals surface area contributed by atoms with Gasteiger partial charge in [0.1, 0.15) is 16.9 Å². The Labute approximate surface area is 208 Å². The van der Waals surface area contributed by atoms with Crippen LogP contribution in [-0.2, 0) is 11.3 Å². The molecule has 0 saturated carbocycles. The number of carbonyl (C=O) groups is 1. The number of carbonyl (C=O) groups excluding carboxylic acids is 1. The maximum atomic E-state index is 13.3. The Bertz CT molecular complexity index is 1400. The van der Waals surface area contributed by atoms with Crippen molar-refractivity contribution in [3.8, 4) is 5.00 Å². The number of aromatic nitrogens is 3. The highest BCUT2D eigenvalue weighted by molar-refractivity contribution is 7.15. The first-order chi connectivity index (χ1) is 17.0. The molecular weight excluding hydrogens is 458 g/mol. The van der Waals surface area contributed by atoms with Crippen molar-refractivity contribution >= 4 is 28.6 Å². The number of piperidine rings is 1. The molecule has 1 amide bonds. The molecule has 0 radical (unpaired) electrons. The normalized spacial score (nSPS) is 17.0. The molecule has 4 heterocycles. The summed E-state index contributed by atoms with van der Waals surface area (Å²) in [6.45, 7) is 20.5. The average Bonchev–Trinajstić information content (AvgIpc) is 3.37. The van der Waals surface area contributed by atoms with Crippen LogP contribution in [0.1, 0.15) is 64.9 Å². The van der Waals surface area contributed by atoms with Crippen molar-refractivity contribution in [1.82, 2.24) is 19.7 Å². The topological polar surface area (TPSA) is 72.1 Å². The molecule has 35 heavy (non-hydrogen) atoms. The molecule has 1 fully saturated rings. The molecule has 2 aliphatic rings. The van der Waals surface area contributed by atoms with E-state index in [1.165, 1.54) is 0 Å². The van der Waals surface area contributed by atoms with Crippen molar-refractivity contribution in [2.75, 3.05) is 13.1 Å². The van der Waals surface area contributed by atoms with Crippen molar-refractivity contribution in [3.63, 3.8) is 0 Å². The Balaban J connectivity index is 1.68. The zero-order valence-corrected chi connectivity index (χ0v) is 20.6. The number of hydrogen-bond acceptors (Lipinski definition) is 5. The maximum Gasteiger partial charge on any atom is 0.249 e. The number of hydrogen-bond donors (Lipinski definition) is 0. The molecule has 0 N–H and O–H groups in total. The van der Waals surface area contributed by atoms with Gasteiger partial charge < -0.3 is 9.74 Å². The van der Waals surface area contributed by atoms with Gasteiger partial charge in [-0.2, -0.15) is 0 Å². The minimum Gasteiger partial charge on any atom is -0.343 e. The van der Waals surface area contributed by atoms with Crippen LogP contribution in [-0.4, -0.2) is 44.4 Å². The predicted molar refractivity (Wildman–Crippen MR) is 135 cm³/mol. The van der Waals surface area contributed by atoms with E-state index < -0.39 is 6.04 Å². The summed E-state index contributed by atoms with van der Waals surface area (Å²) < 4.78 is 2.01. The first-order valence-corrected chi connectivity index (χ1v) is 12.5. The zero-order chi connectivity index (χ0) is 24.5. The Morgan fingerprint density at radius 1 is 1.11 bits per heavy atom. The number of nitrogens with zero attached hydrogens (tertiary/aromatic N) is 7. The summed E-state index contributed by atoms with van der Waals surface area (Å²) in [5, 5.41) is 9.75. The lowest BCUT2D eigenvalue weighted by molar-refractivity contribution is -0.132. The van der Waals surface area contributed by atoms with Crippen LogP contribution in [0.25, 0.3) is 14.7 Å². The minimum absolute atomic E-state index is 0.0871. The molecule has 5 rings (SSSR count). The third kappa shape index (κ3) is 4.13. The number of aryl methyl sites for hydroxylation is 1. The predicted octanol–water partition coefficient (Wildman–Crippen LogP) is 5.21. The quantitative estimate of drug-likeness (QED) is 0.478. The Hall–Kier alpha value is -3.82. The summed E-state index contributed by atoms with van der Waals surface area (Å²) in [6.07, 6.45) is 3.46. The van der Waals surface area contributed by atoms with Gasteiger partial charge in [-0.15, -0.1) is 21.5 Å². The summed E-state index contributed by atoms with van der Waals surface area (Å²) in [7, 11) is 0. The van der Waals surface area contributed by atoms with E-state index in [2.05, 4.69) is 19.9 Å². The summed E-state index contributed by atoms with van der Waals surface area (Å²) >= 11 is 1.56. The summed E-state index contributed by atoms with van der Waals surface area (Å²) in [6, 6.07) is 6.91. The van der Waals surface area contributed by atoms with Gasteiger partial charge in [0.2, 0.25) is 12.5 Å². The second-order valence-electron chi connectivity index (χ2n) is 8.89. The average molecular weight is 484 g/mol. The highest BCUT2D eigenvalue weighted by atomic mass is 32.1. The van der Waals surface area contributed by atoms with Gasteiger partial charge in [-0.05, 0) is 44.2 Å². The molecule has 1 aromatic carbocycles. The number of benzene rings is 1. The van der Waals surface area contributed by atoms with Crippen molar-refractivity contribution in [3.05, 3.63) is 80.3 Å². The highest BCUT2D eigenvalue weighted by Gasteiger charge is 2.34. The van der Waals surface area contributed by atoms with Gasteiger partial charge in [0, 0.05) is 18.7 Å². The Morgan fingerprint density at radius 3 is 2.54 bits per heavy atom. The first kappa shape index (κ1) is 22.9. The van der Waals surface area contributed by atoms with Crippen LogP contribution in [0.2, 0.25) is 0 Å². The van der Waals surface area contributed by atoms with Crippen LogP contribution in [0.3, 0.4) is 0 Å². The lowest BCUT2D eigenvalue weighted by atomic mass is 9.99. The third-order valence-corrected chi connectivity index (χ3v) is 7.93. The van der Waals surface area contributed by atoms with E-state index >= 15 is 0 Å². The first-order valence-electron chi connectivity index (χ1n) is 11.7. The number of fused-ring (bicyclic) bond motifs is 3. The number of likely N-dealkylation sites (tertiary alicyclic amines) is 1. The van der Waals surface area contributed by atoms with E-state index in [0.717, 1.165) is 70.5 Å². The van der Waals surface area contributed by atoms with Gasteiger partial charge in [-0.1, -0.05) is 24.3 Å². The van der Waals surface area contributed by atoms with Gasteiger partial charge in [0.15, 0.2) is 11.5 Å². The molecule has 0 spiro atoms. The number of rotatable bonds is 4. The van der Waals surface area contributed by atoms with E-state index in [1.807, 2.05) is 35.4 Å². The molecule has 9 heteroatoms. The summed E-state index contributed by atoms with van der Waals surface area (Å²) in [4.78, 5) is 28.5. The number of aliphatic imine (C=N–C) groups is 1. The molecule has 2 aromatic heterocycles. The highest BCUT2D eigenvalue weighted by Crippen LogP contribution is 2.40. The van der Waals surface area contributed by atoms with E-state index in [4.69, 9.17) is 18.1 Å². The zero-order valence-electron chi connectivity index (χ0n) is 19.8. The van der Waals surface area contributed by atoms with Gasteiger partial charge in [0.05, 0.1) is 23.6 Å². The van der Waals surface area contributed by atoms with E-state index in [0.29, 0.717) is 18.1 Å². The van der Waals surface area contributed by atoms with Crippen LogP contribution < -0.4 is 0 Å². The minimum atomic E-state index is -0.482. The van der Waals surface area contributed by atoms with Gasteiger partial charge >= 0.3 is 0 Å². The van der Waals surface area contributed by atoms with Gasteiger partial charge in [0.25, 0.3) is 0 Å². The molecule has 0 aliphatic carbocycles. The van der Waals surface area contributed by atoms with Crippen LogP contribution in [0.5, 0.6) is 0 Å². The molecule has 3 aromatic rings. The molecule has 8 nitrogen and oxygen atoms in total.